The van der Waals surface area contributed by atoms with Crippen LogP contribution in [0.3, 0.4) is 0 Å². The number of esters is 3. The number of benzene rings is 1. The van der Waals surface area contributed by atoms with E-state index < -0.39 is 72.7 Å². The summed E-state index contributed by atoms with van der Waals surface area (Å²) >= 11 is 0. The summed E-state index contributed by atoms with van der Waals surface area (Å²) in [6.45, 7) is 24.6. The van der Waals surface area contributed by atoms with E-state index >= 15 is 0 Å². The third-order valence-electron chi connectivity index (χ3n) is 9.32. The fourth-order valence-electron chi connectivity index (χ4n) is 6.12. The summed E-state index contributed by atoms with van der Waals surface area (Å²) in [6.07, 6.45) is -0.716. The second-order valence-corrected chi connectivity index (χ2v) is 21.2. The maximum atomic E-state index is 14.9. The van der Waals surface area contributed by atoms with Crippen molar-refractivity contribution in [3.63, 3.8) is 0 Å². The zero-order valence-electron chi connectivity index (χ0n) is 30.0. The molecule has 0 amide bonds. The molecule has 1 aromatic rings. The molecular formula is C36H54O10Si. The molecule has 5 atom stereocenters. The van der Waals surface area contributed by atoms with Crippen LogP contribution in [-0.4, -0.2) is 72.7 Å². The van der Waals surface area contributed by atoms with Crippen LogP contribution in [0.4, 0.5) is 0 Å². The van der Waals surface area contributed by atoms with Crippen LogP contribution in [-0.2, 0) is 53.8 Å². The van der Waals surface area contributed by atoms with Crippen LogP contribution < -0.4 is 0 Å². The third kappa shape index (κ3) is 7.24. The molecule has 0 unspecified atom stereocenters. The van der Waals surface area contributed by atoms with Crippen molar-refractivity contribution in [2.24, 2.45) is 0 Å². The number of carbonyl (C=O) groups is 3. The van der Waals surface area contributed by atoms with Crippen molar-refractivity contribution in [2.75, 3.05) is 0 Å². The summed E-state index contributed by atoms with van der Waals surface area (Å²) < 4.78 is 44.9. The Morgan fingerprint density at radius 2 is 1.53 bits per heavy atom. The van der Waals surface area contributed by atoms with Crippen LogP contribution >= 0.6 is 0 Å². The lowest BCUT2D eigenvalue weighted by atomic mass is 9.74. The van der Waals surface area contributed by atoms with Crippen LogP contribution in [0.5, 0.6) is 0 Å². The van der Waals surface area contributed by atoms with Gasteiger partial charge in [-0.2, -0.15) is 0 Å². The van der Waals surface area contributed by atoms with Crippen molar-refractivity contribution in [1.82, 2.24) is 0 Å². The molecule has 10 nitrogen and oxygen atoms in total. The summed E-state index contributed by atoms with van der Waals surface area (Å²) in [5.74, 6) is -3.93. The molecule has 1 aromatic carbocycles. The van der Waals surface area contributed by atoms with Gasteiger partial charge in [-0.25, -0.2) is 14.4 Å². The fraction of sp³-hybridized carbons (Fsp3) is 0.694. The molecular weight excluding hydrogens is 620 g/mol. The minimum Gasteiger partial charge on any atom is -0.458 e. The largest absolute Gasteiger partial charge is 0.458 e. The fourth-order valence-corrected chi connectivity index (χ4v) is 7.33. The first-order chi connectivity index (χ1) is 21.5. The van der Waals surface area contributed by atoms with Crippen LogP contribution in [0.1, 0.15) is 93.6 Å². The average molecular weight is 675 g/mol. The van der Waals surface area contributed by atoms with E-state index in [1.807, 2.05) is 43.4 Å². The van der Waals surface area contributed by atoms with Crippen LogP contribution in [0, 0.1) is 0 Å². The number of cyclic esters (lactones) is 1. The molecule has 1 aliphatic carbocycles. The third-order valence-corrected chi connectivity index (χ3v) is 13.8. The van der Waals surface area contributed by atoms with E-state index in [0.29, 0.717) is 12.8 Å². The molecule has 47 heavy (non-hydrogen) atoms. The number of ether oxygens (including phenoxy) is 6. The minimum absolute atomic E-state index is 0.0304. The van der Waals surface area contributed by atoms with Crippen molar-refractivity contribution >= 4 is 26.2 Å². The van der Waals surface area contributed by atoms with E-state index in [1.165, 1.54) is 6.08 Å². The number of rotatable bonds is 9. The predicted molar refractivity (Wildman–Crippen MR) is 178 cm³/mol. The van der Waals surface area contributed by atoms with Crippen molar-refractivity contribution < 1.29 is 47.2 Å². The lowest BCUT2D eigenvalue weighted by Gasteiger charge is -2.46. The van der Waals surface area contributed by atoms with E-state index in [4.69, 9.17) is 32.8 Å². The maximum absolute atomic E-state index is 14.9. The molecule has 0 bridgehead atoms. The highest BCUT2D eigenvalue weighted by Crippen LogP contribution is 2.57. The van der Waals surface area contributed by atoms with E-state index in [1.54, 1.807) is 41.5 Å². The Hall–Kier alpha value is -2.57. The standard InChI is InChI=1S/C36H54O10Si/c1-13-35(26(40-23-24-19-15-14-16-20-24)25(28(37)43-35)45-47(11,12)33(8,9)10)36(30(39)44-32(5,6)7)27(29(38)42-31(2,3)4)41-34(46-36)21-17-18-22-34/h13-16,19-20,25-27H,1,17-18,21-23H2,2-12H3/t25-,26-,27-,35-,36-/m1/s1. The molecule has 1 saturated carbocycles. The number of hydrogen-bond donors (Lipinski definition) is 0. The highest BCUT2D eigenvalue weighted by molar-refractivity contribution is 6.74. The van der Waals surface area contributed by atoms with Gasteiger partial charge in [-0.3, -0.25) is 0 Å². The molecule has 3 aliphatic rings. The first kappa shape index (κ1) is 37.2. The van der Waals surface area contributed by atoms with Crippen molar-refractivity contribution in [3.8, 4) is 0 Å². The lowest BCUT2D eigenvalue weighted by molar-refractivity contribution is -0.247. The monoisotopic (exact) mass is 674 g/mol. The molecule has 2 aliphatic heterocycles. The second kappa shape index (κ2) is 12.7. The molecule has 3 fully saturated rings. The zero-order chi connectivity index (χ0) is 35.3. The zero-order valence-corrected chi connectivity index (χ0v) is 31.0. The molecule has 2 saturated heterocycles. The Kier molecular flexibility index (Phi) is 10.1. The van der Waals surface area contributed by atoms with Gasteiger partial charge in [-0.05, 0) is 84.2 Å². The highest BCUT2D eigenvalue weighted by atomic mass is 28.4. The molecule has 0 aromatic heterocycles. The Morgan fingerprint density at radius 3 is 2.04 bits per heavy atom. The van der Waals surface area contributed by atoms with E-state index in [2.05, 4.69) is 27.4 Å². The first-order valence-corrected chi connectivity index (χ1v) is 19.5. The van der Waals surface area contributed by atoms with Crippen LogP contribution in [0.25, 0.3) is 0 Å². The quantitative estimate of drug-likeness (QED) is 0.124. The summed E-state index contributed by atoms with van der Waals surface area (Å²) in [7, 11) is -2.66. The van der Waals surface area contributed by atoms with Gasteiger partial charge in [-0.15, -0.1) is 0 Å². The van der Waals surface area contributed by atoms with Gasteiger partial charge >= 0.3 is 17.9 Å². The van der Waals surface area contributed by atoms with E-state index in [0.717, 1.165) is 18.4 Å². The van der Waals surface area contributed by atoms with Gasteiger partial charge in [0.05, 0.1) is 6.61 Å². The van der Waals surface area contributed by atoms with Gasteiger partial charge in [-0.1, -0.05) is 57.7 Å². The first-order valence-electron chi connectivity index (χ1n) is 16.6. The van der Waals surface area contributed by atoms with Gasteiger partial charge < -0.3 is 32.8 Å². The molecule has 11 heteroatoms. The SMILES string of the molecule is C=C[C@@]1([C@@]2(C(=O)OC(C)(C)C)OC3(CCCC3)O[C@@H]2C(=O)OC(C)(C)C)OC(=O)[C@H](O[Si](C)(C)C(C)(C)C)[C@H]1OCc1ccccc1. The van der Waals surface area contributed by atoms with Gasteiger partial charge in [0.25, 0.3) is 5.60 Å². The molecule has 1 spiro atoms. The molecule has 4 rings (SSSR count). The predicted octanol–water partition coefficient (Wildman–Crippen LogP) is 6.55. The maximum Gasteiger partial charge on any atom is 0.347 e. The molecule has 0 N–H and O–H groups in total. The Labute approximate surface area is 280 Å². The Balaban J connectivity index is 1.99. The van der Waals surface area contributed by atoms with Gasteiger partial charge in [0.2, 0.25) is 11.7 Å². The molecule has 0 radical (unpaired) electrons. The van der Waals surface area contributed by atoms with Crippen molar-refractivity contribution in [3.05, 3.63) is 48.6 Å². The molecule has 262 valence electrons. The number of hydrogen-bond acceptors (Lipinski definition) is 10. The lowest BCUT2D eigenvalue weighted by Crippen LogP contribution is -2.72. The summed E-state index contributed by atoms with van der Waals surface area (Å²) in [5.41, 5.74) is -5.71. The minimum atomic E-state index is -2.66. The number of carbonyl (C=O) groups excluding carboxylic acids is 3. The summed E-state index contributed by atoms with van der Waals surface area (Å²) in [4.78, 5) is 43.3. The van der Waals surface area contributed by atoms with Gasteiger partial charge in [0.15, 0.2) is 20.2 Å². The van der Waals surface area contributed by atoms with Crippen molar-refractivity contribution in [2.45, 2.75) is 159 Å². The normalized spacial score (nSPS) is 29.5. The second-order valence-electron chi connectivity index (χ2n) is 16.4. The Morgan fingerprint density at radius 1 is 0.957 bits per heavy atom. The van der Waals surface area contributed by atoms with E-state index in [-0.39, 0.29) is 11.6 Å². The van der Waals surface area contributed by atoms with Gasteiger partial charge in [0.1, 0.15) is 17.3 Å². The van der Waals surface area contributed by atoms with E-state index in [9.17, 15) is 14.4 Å². The summed E-state index contributed by atoms with van der Waals surface area (Å²) in [6, 6.07) is 9.39. The smallest absolute Gasteiger partial charge is 0.347 e. The van der Waals surface area contributed by atoms with Gasteiger partial charge in [0, 0.05) is 12.8 Å². The molecule has 2 heterocycles. The average Bonchev–Trinajstić information content (AvgIpc) is 3.61. The van der Waals surface area contributed by atoms with Crippen molar-refractivity contribution in [1.29, 1.82) is 0 Å². The summed E-state index contributed by atoms with van der Waals surface area (Å²) in [5, 5.41) is -0.292. The van der Waals surface area contributed by atoms with Crippen LogP contribution in [0.15, 0.2) is 43.0 Å². The topological polar surface area (TPSA) is 116 Å². The Bertz CT molecular complexity index is 1330. The van der Waals surface area contributed by atoms with Crippen LogP contribution in [0.2, 0.25) is 18.1 Å². The highest BCUT2D eigenvalue weighted by Gasteiger charge is 2.81.